The zero-order valence-electron chi connectivity index (χ0n) is 32.1. The predicted molar refractivity (Wildman–Crippen MR) is 198 cm³/mol. The number of unbranched alkanes of at least 4 members (excludes halogenated alkanes) is 13. The molecule has 298 valence electrons. The van der Waals surface area contributed by atoms with Crippen molar-refractivity contribution in [3.63, 3.8) is 0 Å². The zero-order valence-corrected chi connectivity index (χ0v) is 32.1. The van der Waals surface area contributed by atoms with Crippen molar-refractivity contribution >= 4 is 29.5 Å². The van der Waals surface area contributed by atoms with Crippen LogP contribution in [0.25, 0.3) is 0 Å². The van der Waals surface area contributed by atoms with E-state index in [2.05, 4.69) is 16.0 Å². The quantitative estimate of drug-likeness (QED) is 0.0628. The van der Waals surface area contributed by atoms with Gasteiger partial charge in [0.2, 0.25) is 17.7 Å². The van der Waals surface area contributed by atoms with Crippen LogP contribution in [0.2, 0.25) is 0 Å². The standard InChI is InChI=1S/C38H71N3O10/c1-38(2,3)33(42)31-50-29-27-49-26-24-41-36(45)32-51-30-28-48-25-23-40-35(44)20-18-22-39-34(43)19-16-14-12-10-8-6-4-5-7-9-11-13-15-17-21-37(46)47/h4-32H2,1-3H3,(H,39,43)(H,40,44)(H,41,45)(H,46,47). The van der Waals surface area contributed by atoms with Gasteiger partial charge in [-0.3, -0.25) is 24.0 Å². The van der Waals surface area contributed by atoms with E-state index in [9.17, 15) is 24.0 Å². The third-order valence-corrected chi connectivity index (χ3v) is 8.13. The van der Waals surface area contributed by atoms with E-state index in [1.54, 1.807) is 0 Å². The van der Waals surface area contributed by atoms with Gasteiger partial charge in [-0.1, -0.05) is 97.8 Å². The number of carbonyl (C=O) groups excluding carboxylic acids is 4. The molecule has 0 spiro atoms. The third-order valence-electron chi connectivity index (χ3n) is 8.13. The number of ether oxygens (including phenoxy) is 4. The van der Waals surface area contributed by atoms with Crippen LogP contribution in [-0.4, -0.2) is 107 Å². The average Bonchev–Trinajstić information content (AvgIpc) is 3.08. The van der Waals surface area contributed by atoms with Gasteiger partial charge < -0.3 is 40.0 Å². The van der Waals surface area contributed by atoms with Gasteiger partial charge >= 0.3 is 5.97 Å². The maximum Gasteiger partial charge on any atom is 0.303 e. The molecular weight excluding hydrogens is 658 g/mol. The van der Waals surface area contributed by atoms with E-state index in [4.69, 9.17) is 24.1 Å². The zero-order chi connectivity index (χ0) is 37.8. The van der Waals surface area contributed by atoms with Gasteiger partial charge in [-0.2, -0.15) is 0 Å². The Bertz CT molecular complexity index is 911. The molecule has 0 atom stereocenters. The highest BCUT2D eigenvalue weighted by atomic mass is 16.5. The number of ketones is 1. The number of rotatable bonds is 37. The Morgan fingerprint density at radius 3 is 1.27 bits per heavy atom. The maximum absolute atomic E-state index is 12.0. The molecule has 13 nitrogen and oxygen atoms in total. The summed E-state index contributed by atoms with van der Waals surface area (Å²) in [5.41, 5.74) is -0.418. The molecule has 0 fully saturated rings. The average molecular weight is 730 g/mol. The number of carboxylic acids is 1. The topological polar surface area (TPSA) is 179 Å². The first kappa shape index (κ1) is 48.4. The van der Waals surface area contributed by atoms with Gasteiger partial charge in [0.15, 0.2) is 5.78 Å². The summed E-state index contributed by atoms with van der Waals surface area (Å²) in [5.74, 6) is -0.950. The summed E-state index contributed by atoms with van der Waals surface area (Å²) >= 11 is 0. The van der Waals surface area contributed by atoms with Gasteiger partial charge in [-0.15, -0.1) is 0 Å². The molecule has 0 aliphatic heterocycles. The van der Waals surface area contributed by atoms with Gasteiger partial charge in [-0.25, -0.2) is 0 Å². The molecule has 13 heteroatoms. The van der Waals surface area contributed by atoms with E-state index in [0.29, 0.717) is 78.4 Å². The molecule has 0 saturated carbocycles. The highest BCUT2D eigenvalue weighted by molar-refractivity contribution is 5.84. The molecular formula is C38H71N3O10. The highest BCUT2D eigenvalue weighted by Crippen LogP contribution is 2.15. The Morgan fingerprint density at radius 1 is 0.431 bits per heavy atom. The van der Waals surface area contributed by atoms with E-state index in [1.165, 1.54) is 51.4 Å². The van der Waals surface area contributed by atoms with Crippen LogP contribution in [0.1, 0.15) is 136 Å². The summed E-state index contributed by atoms with van der Waals surface area (Å²) in [5, 5.41) is 17.0. The van der Waals surface area contributed by atoms with Crippen molar-refractivity contribution in [2.75, 3.05) is 72.5 Å². The van der Waals surface area contributed by atoms with Crippen LogP contribution in [0.3, 0.4) is 0 Å². The van der Waals surface area contributed by atoms with Crippen LogP contribution in [0.5, 0.6) is 0 Å². The Hall–Kier alpha value is -2.61. The van der Waals surface area contributed by atoms with Crippen LogP contribution in [0.4, 0.5) is 0 Å². The second-order valence-corrected chi connectivity index (χ2v) is 14.0. The van der Waals surface area contributed by atoms with Crippen molar-refractivity contribution in [3.05, 3.63) is 0 Å². The summed E-state index contributed by atoms with van der Waals surface area (Å²) < 4.78 is 21.4. The lowest BCUT2D eigenvalue weighted by molar-refractivity contribution is -0.137. The fourth-order valence-electron chi connectivity index (χ4n) is 4.90. The van der Waals surface area contributed by atoms with Crippen molar-refractivity contribution in [3.8, 4) is 0 Å². The number of nitrogens with one attached hydrogen (secondary N) is 3. The minimum atomic E-state index is -0.693. The third kappa shape index (κ3) is 37.0. The first-order valence-corrected chi connectivity index (χ1v) is 19.4. The van der Waals surface area contributed by atoms with Gasteiger partial charge in [0, 0.05) is 44.3 Å². The van der Waals surface area contributed by atoms with Crippen molar-refractivity contribution < 1.29 is 48.0 Å². The summed E-state index contributed by atoms with van der Waals surface area (Å²) in [6, 6.07) is 0. The second kappa shape index (κ2) is 34.5. The fourth-order valence-corrected chi connectivity index (χ4v) is 4.90. The second-order valence-electron chi connectivity index (χ2n) is 14.0. The minimum Gasteiger partial charge on any atom is -0.481 e. The number of carboxylic acid groups (broad SMARTS) is 1. The molecule has 0 bridgehead atoms. The minimum absolute atomic E-state index is 0.0380. The molecule has 0 aromatic rings. The number of hydrogen-bond acceptors (Lipinski definition) is 9. The van der Waals surface area contributed by atoms with Crippen molar-refractivity contribution in [1.82, 2.24) is 16.0 Å². The lowest BCUT2D eigenvalue weighted by atomic mass is 9.91. The number of hydrogen-bond donors (Lipinski definition) is 4. The Labute approximate surface area is 307 Å². The summed E-state index contributed by atoms with van der Waals surface area (Å²) in [7, 11) is 0. The summed E-state index contributed by atoms with van der Waals surface area (Å²) in [6.07, 6.45) is 17.9. The lowest BCUT2D eigenvalue weighted by Crippen LogP contribution is -2.31. The van der Waals surface area contributed by atoms with Gasteiger partial charge in [-0.05, 0) is 19.3 Å². The molecule has 0 aromatic carbocycles. The van der Waals surface area contributed by atoms with Crippen molar-refractivity contribution in [1.29, 1.82) is 0 Å². The number of aliphatic carboxylic acids is 1. The summed E-state index contributed by atoms with van der Waals surface area (Å²) in [4.78, 5) is 58.1. The van der Waals surface area contributed by atoms with Crippen molar-refractivity contribution in [2.45, 2.75) is 136 Å². The van der Waals surface area contributed by atoms with E-state index < -0.39 is 11.4 Å². The molecule has 0 radical (unpaired) electrons. The maximum atomic E-state index is 12.0. The smallest absolute Gasteiger partial charge is 0.303 e. The molecule has 0 aliphatic carbocycles. The molecule has 51 heavy (non-hydrogen) atoms. The Balaban J connectivity index is 3.38. The fraction of sp³-hybridized carbons (Fsp3) is 0.868. The lowest BCUT2D eigenvalue weighted by Gasteiger charge is -2.16. The van der Waals surface area contributed by atoms with E-state index in [1.807, 2.05) is 20.8 Å². The number of amides is 3. The molecule has 0 saturated heterocycles. The predicted octanol–water partition coefficient (Wildman–Crippen LogP) is 5.12. The van der Waals surface area contributed by atoms with E-state index in [-0.39, 0.29) is 43.3 Å². The molecule has 4 N–H and O–H groups in total. The van der Waals surface area contributed by atoms with Crippen LogP contribution >= 0.6 is 0 Å². The molecule has 0 aliphatic rings. The molecule has 0 heterocycles. The van der Waals surface area contributed by atoms with Gasteiger partial charge in [0.1, 0.15) is 13.2 Å². The van der Waals surface area contributed by atoms with Crippen LogP contribution in [-0.2, 0) is 42.9 Å². The van der Waals surface area contributed by atoms with Gasteiger partial charge in [0.25, 0.3) is 0 Å². The van der Waals surface area contributed by atoms with Gasteiger partial charge in [0.05, 0.1) is 39.6 Å². The van der Waals surface area contributed by atoms with Crippen LogP contribution in [0.15, 0.2) is 0 Å². The largest absolute Gasteiger partial charge is 0.481 e. The van der Waals surface area contributed by atoms with Crippen LogP contribution < -0.4 is 16.0 Å². The molecule has 0 rings (SSSR count). The van der Waals surface area contributed by atoms with Crippen LogP contribution in [0, 0.1) is 5.41 Å². The number of carbonyl (C=O) groups is 5. The SMILES string of the molecule is CC(C)(C)C(=O)COCCOCCNC(=O)COCCOCCNC(=O)CCCNC(=O)CCCCCCCCCCCCCCCCC(=O)O. The first-order chi connectivity index (χ1) is 24.5. The van der Waals surface area contributed by atoms with Crippen molar-refractivity contribution in [2.24, 2.45) is 5.41 Å². The highest BCUT2D eigenvalue weighted by Gasteiger charge is 2.20. The van der Waals surface area contributed by atoms with E-state index >= 15 is 0 Å². The monoisotopic (exact) mass is 730 g/mol. The molecule has 0 aromatic heterocycles. The Morgan fingerprint density at radius 2 is 0.804 bits per heavy atom. The Kier molecular flexibility index (Phi) is 32.7. The van der Waals surface area contributed by atoms with E-state index in [0.717, 1.165) is 38.5 Å². The first-order valence-electron chi connectivity index (χ1n) is 19.4. The summed E-state index contributed by atoms with van der Waals surface area (Å²) in [6.45, 7) is 8.62. The molecule has 3 amide bonds. The molecule has 0 unspecified atom stereocenters. The number of Topliss-reactive ketones (excluding diaryl/α,β-unsaturated/α-hetero) is 1. The normalized spacial score (nSPS) is 11.4.